The lowest BCUT2D eigenvalue weighted by atomic mass is 10.2. The molecule has 0 unspecified atom stereocenters. The van der Waals surface area contributed by atoms with Crippen molar-refractivity contribution in [1.82, 2.24) is 9.55 Å². The summed E-state index contributed by atoms with van der Waals surface area (Å²) in [5, 5.41) is 38.2. The number of aliphatic hydroxyl groups is 1. The maximum Gasteiger partial charge on any atom is 0.163 e. The number of hydrogen-bond acceptors (Lipinski definition) is 6. The van der Waals surface area contributed by atoms with Crippen molar-refractivity contribution in [3.63, 3.8) is 0 Å². The summed E-state index contributed by atoms with van der Waals surface area (Å²) in [6.07, 6.45) is 1.61. The van der Waals surface area contributed by atoms with Crippen molar-refractivity contribution in [1.29, 1.82) is 15.8 Å². The molecule has 0 spiro atoms. The summed E-state index contributed by atoms with van der Waals surface area (Å²) in [6, 6.07) is 10.3. The molecule has 0 aliphatic carbocycles. The monoisotopic (exact) mass is 278 g/mol. The average molecular weight is 278 g/mol. The standard InChI is InChI=1S/C14H10N6O/c15-6-10(7-16)13(8-17)19-11-1-2-14-12(5-11)18-9-20(14)3-4-21/h1-2,5,9,19,21H,3-4H2. The minimum atomic E-state index is -0.275. The van der Waals surface area contributed by atoms with Crippen LogP contribution >= 0.6 is 0 Å². The van der Waals surface area contributed by atoms with E-state index in [4.69, 9.17) is 20.9 Å². The summed E-state index contributed by atoms with van der Waals surface area (Å²) in [5.41, 5.74) is 1.70. The molecule has 102 valence electrons. The van der Waals surface area contributed by atoms with Gasteiger partial charge in [-0.1, -0.05) is 0 Å². The van der Waals surface area contributed by atoms with E-state index in [1.54, 1.807) is 47.3 Å². The summed E-state index contributed by atoms with van der Waals surface area (Å²) in [4.78, 5) is 4.20. The fourth-order valence-corrected chi connectivity index (χ4v) is 1.85. The second-order valence-corrected chi connectivity index (χ2v) is 4.08. The molecule has 2 aromatic rings. The summed E-state index contributed by atoms with van der Waals surface area (Å²) in [7, 11) is 0. The molecule has 0 saturated carbocycles. The lowest BCUT2D eigenvalue weighted by Crippen LogP contribution is -2.01. The first-order valence-corrected chi connectivity index (χ1v) is 6.00. The van der Waals surface area contributed by atoms with E-state index in [1.807, 2.05) is 0 Å². The molecule has 0 saturated heterocycles. The van der Waals surface area contributed by atoms with Gasteiger partial charge in [0, 0.05) is 12.2 Å². The first-order chi connectivity index (χ1) is 10.2. The van der Waals surface area contributed by atoms with Gasteiger partial charge in [-0.15, -0.1) is 0 Å². The number of imidazole rings is 1. The van der Waals surface area contributed by atoms with Gasteiger partial charge in [-0.3, -0.25) is 0 Å². The van der Waals surface area contributed by atoms with Crippen LogP contribution in [0.1, 0.15) is 0 Å². The number of anilines is 1. The summed E-state index contributed by atoms with van der Waals surface area (Å²) < 4.78 is 1.80. The Morgan fingerprint density at radius 3 is 2.62 bits per heavy atom. The molecule has 0 radical (unpaired) electrons. The molecule has 0 bridgehead atoms. The van der Waals surface area contributed by atoms with Gasteiger partial charge in [0.25, 0.3) is 0 Å². The molecule has 7 nitrogen and oxygen atoms in total. The van der Waals surface area contributed by atoms with Gasteiger partial charge >= 0.3 is 0 Å². The second-order valence-electron chi connectivity index (χ2n) is 4.08. The molecule has 0 amide bonds. The van der Waals surface area contributed by atoms with E-state index in [0.717, 1.165) is 5.52 Å². The number of fused-ring (bicyclic) bond motifs is 1. The van der Waals surface area contributed by atoms with E-state index in [-0.39, 0.29) is 17.9 Å². The van der Waals surface area contributed by atoms with E-state index in [2.05, 4.69) is 10.3 Å². The number of nitriles is 3. The van der Waals surface area contributed by atoms with Crippen LogP contribution in [0.4, 0.5) is 5.69 Å². The number of aliphatic hydroxyl groups excluding tert-OH is 1. The molecule has 0 fully saturated rings. The Kier molecular flexibility index (Phi) is 4.16. The first kappa shape index (κ1) is 14.1. The van der Waals surface area contributed by atoms with Gasteiger partial charge in [0.05, 0.1) is 24.0 Å². The van der Waals surface area contributed by atoms with Crippen LogP contribution in [0, 0.1) is 34.0 Å². The Morgan fingerprint density at radius 2 is 2.00 bits per heavy atom. The Morgan fingerprint density at radius 1 is 1.24 bits per heavy atom. The number of rotatable bonds is 4. The van der Waals surface area contributed by atoms with Crippen molar-refractivity contribution < 1.29 is 5.11 Å². The molecule has 2 rings (SSSR count). The Bertz CT molecular complexity index is 812. The van der Waals surface area contributed by atoms with E-state index in [0.29, 0.717) is 17.7 Å². The highest BCUT2D eigenvalue weighted by Gasteiger charge is 2.08. The van der Waals surface area contributed by atoms with E-state index >= 15 is 0 Å². The number of hydrogen-bond donors (Lipinski definition) is 2. The number of nitrogens with one attached hydrogen (secondary N) is 1. The van der Waals surface area contributed by atoms with Gasteiger partial charge in [0.15, 0.2) is 5.57 Å². The van der Waals surface area contributed by atoms with Crippen LogP contribution in [0.2, 0.25) is 0 Å². The highest BCUT2D eigenvalue weighted by Crippen LogP contribution is 2.20. The van der Waals surface area contributed by atoms with Gasteiger partial charge in [0.2, 0.25) is 0 Å². The summed E-state index contributed by atoms with van der Waals surface area (Å²) >= 11 is 0. The Labute approximate surface area is 120 Å². The third kappa shape index (κ3) is 2.82. The smallest absolute Gasteiger partial charge is 0.163 e. The van der Waals surface area contributed by atoms with Crippen molar-refractivity contribution in [3.05, 3.63) is 35.8 Å². The second kappa shape index (κ2) is 6.21. The quantitative estimate of drug-likeness (QED) is 0.812. The normalized spacial score (nSPS) is 9.43. The highest BCUT2D eigenvalue weighted by molar-refractivity contribution is 5.80. The van der Waals surface area contributed by atoms with Crippen LogP contribution in [0.5, 0.6) is 0 Å². The van der Waals surface area contributed by atoms with Crippen molar-refractivity contribution in [3.8, 4) is 18.2 Å². The largest absolute Gasteiger partial charge is 0.395 e. The number of benzene rings is 1. The predicted octanol–water partition coefficient (Wildman–Crippen LogP) is 1.27. The van der Waals surface area contributed by atoms with Gasteiger partial charge in [-0.25, -0.2) is 4.98 Å². The van der Waals surface area contributed by atoms with Crippen molar-refractivity contribution >= 4 is 16.7 Å². The molecule has 0 aliphatic heterocycles. The van der Waals surface area contributed by atoms with Crippen molar-refractivity contribution in [2.24, 2.45) is 0 Å². The van der Waals surface area contributed by atoms with Crippen LogP contribution in [-0.4, -0.2) is 21.3 Å². The number of nitrogens with zero attached hydrogens (tertiary/aromatic N) is 5. The Hall–Kier alpha value is -3.34. The van der Waals surface area contributed by atoms with Crippen molar-refractivity contribution in [2.45, 2.75) is 6.54 Å². The molecular weight excluding hydrogens is 268 g/mol. The third-order valence-corrected chi connectivity index (χ3v) is 2.82. The Balaban J connectivity index is 2.37. The van der Waals surface area contributed by atoms with Crippen LogP contribution in [0.3, 0.4) is 0 Å². The number of aromatic nitrogens is 2. The van der Waals surface area contributed by atoms with E-state index < -0.39 is 0 Å². The van der Waals surface area contributed by atoms with Gasteiger partial charge in [0.1, 0.15) is 23.9 Å². The zero-order chi connectivity index (χ0) is 15.2. The number of allylic oxidation sites excluding steroid dienone is 2. The molecule has 0 atom stereocenters. The molecule has 1 aromatic carbocycles. The van der Waals surface area contributed by atoms with E-state index in [9.17, 15) is 0 Å². The molecule has 1 heterocycles. The lowest BCUT2D eigenvalue weighted by molar-refractivity contribution is 0.278. The zero-order valence-electron chi connectivity index (χ0n) is 10.9. The SMILES string of the molecule is N#CC(C#N)=C(C#N)Nc1ccc2c(c1)ncn2CCO. The van der Waals surface area contributed by atoms with Crippen molar-refractivity contribution in [2.75, 3.05) is 11.9 Å². The van der Waals surface area contributed by atoms with Crippen LogP contribution in [-0.2, 0) is 6.54 Å². The molecule has 1 aromatic heterocycles. The fourth-order valence-electron chi connectivity index (χ4n) is 1.85. The van der Waals surface area contributed by atoms with Crippen LogP contribution in [0.25, 0.3) is 11.0 Å². The minimum absolute atomic E-state index is 0.0144. The predicted molar refractivity (Wildman–Crippen MR) is 74.3 cm³/mol. The van der Waals surface area contributed by atoms with Crippen LogP contribution in [0.15, 0.2) is 35.8 Å². The maximum absolute atomic E-state index is 8.99. The molecule has 21 heavy (non-hydrogen) atoms. The molecule has 2 N–H and O–H groups in total. The molecular formula is C14H10N6O. The maximum atomic E-state index is 8.99. The third-order valence-electron chi connectivity index (χ3n) is 2.82. The van der Waals surface area contributed by atoms with E-state index in [1.165, 1.54) is 0 Å². The highest BCUT2D eigenvalue weighted by atomic mass is 16.3. The average Bonchev–Trinajstić information content (AvgIpc) is 2.90. The summed E-state index contributed by atoms with van der Waals surface area (Å²) in [6.45, 7) is 0.458. The molecule has 0 aliphatic rings. The van der Waals surface area contributed by atoms with Gasteiger partial charge in [-0.05, 0) is 18.2 Å². The minimum Gasteiger partial charge on any atom is -0.395 e. The topological polar surface area (TPSA) is 121 Å². The lowest BCUT2D eigenvalue weighted by Gasteiger charge is -2.05. The summed E-state index contributed by atoms with van der Waals surface area (Å²) in [5.74, 6) is 0. The molecule has 7 heteroatoms. The van der Waals surface area contributed by atoms with Gasteiger partial charge in [-0.2, -0.15) is 15.8 Å². The zero-order valence-corrected chi connectivity index (χ0v) is 10.9. The van der Waals surface area contributed by atoms with Crippen LogP contribution < -0.4 is 5.32 Å². The van der Waals surface area contributed by atoms with Gasteiger partial charge < -0.3 is 15.0 Å². The first-order valence-electron chi connectivity index (χ1n) is 6.00. The fraction of sp³-hybridized carbons (Fsp3) is 0.143.